The van der Waals surface area contributed by atoms with Crippen LogP contribution in [-0.2, 0) is 6.54 Å². The maximum Gasteiger partial charge on any atom is 0.387 e. The molecule has 0 bridgehead atoms. The van der Waals surface area contributed by atoms with E-state index < -0.39 is 6.61 Å². The van der Waals surface area contributed by atoms with Gasteiger partial charge in [0.1, 0.15) is 5.75 Å². The molecule has 1 heterocycles. The number of hydrogen-bond donors (Lipinski definition) is 0. The molecule has 4 aromatic rings. The van der Waals surface area contributed by atoms with Gasteiger partial charge in [0.15, 0.2) is 10.9 Å². The fourth-order valence-corrected chi connectivity index (χ4v) is 4.27. The zero-order valence-corrected chi connectivity index (χ0v) is 17.4. The number of ketones is 1. The summed E-state index contributed by atoms with van der Waals surface area (Å²) in [5.41, 5.74) is 0.796. The van der Waals surface area contributed by atoms with Crippen LogP contribution in [0.1, 0.15) is 17.3 Å². The smallest absolute Gasteiger partial charge is 0.387 e. The number of benzene rings is 3. The lowest BCUT2D eigenvalue weighted by atomic mass is 10.1. The molecule has 0 aliphatic rings. The summed E-state index contributed by atoms with van der Waals surface area (Å²) in [6.45, 7) is -0.645. The minimum atomic E-state index is -2.92. The van der Waals surface area contributed by atoms with Gasteiger partial charge in [-0.3, -0.25) is 14.2 Å². The second-order valence-electron chi connectivity index (χ2n) is 6.78. The summed E-state index contributed by atoms with van der Waals surface area (Å²) in [6.07, 6.45) is 0. The molecule has 3 aromatic carbocycles. The first kappa shape index (κ1) is 21.0. The molecular weight excluding hydrogens is 422 g/mol. The van der Waals surface area contributed by atoms with Crippen molar-refractivity contribution in [3.63, 3.8) is 0 Å². The number of thioether (sulfide) groups is 1. The zero-order valence-electron chi connectivity index (χ0n) is 16.5. The fraction of sp³-hybridized carbons (Fsp3) is 0.174. The lowest BCUT2D eigenvalue weighted by Gasteiger charge is -2.12. The summed E-state index contributed by atoms with van der Waals surface area (Å²) in [5, 5.41) is 2.94. The highest BCUT2D eigenvalue weighted by atomic mass is 32.2. The van der Waals surface area contributed by atoms with Crippen molar-refractivity contribution in [2.75, 3.05) is 5.75 Å². The number of fused-ring (bicyclic) bond motifs is 2. The van der Waals surface area contributed by atoms with Crippen molar-refractivity contribution in [2.24, 2.45) is 0 Å². The second kappa shape index (κ2) is 8.85. The molecule has 0 atom stereocenters. The number of rotatable bonds is 7. The van der Waals surface area contributed by atoms with Gasteiger partial charge in [0, 0.05) is 12.1 Å². The Labute approximate surface area is 180 Å². The topological polar surface area (TPSA) is 61.2 Å². The molecule has 0 amide bonds. The molecule has 0 spiro atoms. The second-order valence-corrected chi connectivity index (χ2v) is 7.72. The summed E-state index contributed by atoms with van der Waals surface area (Å²) in [6, 6.07) is 17.0. The minimum Gasteiger partial charge on any atom is -0.435 e. The third-order valence-electron chi connectivity index (χ3n) is 4.84. The summed E-state index contributed by atoms with van der Waals surface area (Å²) in [4.78, 5) is 30.2. The summed E-state index contributed by atoms with van der Waals surface area (Å²) in [7, 11) is 0. The molecule has 0 aliphatic carbocycles. The largest absolute Gasteiger partial charge is 0.435 e. The van der Waals surface area contributed by atoms with E-state index in [1.807, 2.05) is 43.3 Å². The van der Waals surface area contributed by atoms with Crippen molar-refractivity contribution < 1.29 is 18.3 Å². The Kier molecular flexibility index (Phi) is 5.99. The average molecular weight is 440 g/mol. The molecule has 0 aliphatic heterocycles. The lowest BCUT2D eigenvalue weighted by Crippen LogP contribution is -2.23. The molecular formula is C23H18F2N2O3S. The Balaban J connectivity index is 1.60. The van der Waals surface area contributed by atoms with Crippen LogP contribution in [0.25, 0.3) is 21.7 Å². The highest BCUT2D eigenvalue weighted by Crippen LogP contribution is 2.24. The van der Waals surface area contributed by atoms with Gasteiger partial charge in [0.25, 0.3) is 5.56 Å². The van der Waals surface area contributed by atoms with Crippen LogP contribution in [0.3, 0.4) is 0 Å². The number of halogens is 2. The molecule has 31 heavy (non-hydrogen) atoms. The van der Waals surface area contributed by atoms with Gasteiger partial charge in [-0.1, -0.05) is 36.0 Å². The van der Waals surface area contributed by atoms with Crippen LogP contribution in [0, 0.1) is 0 Å². The van der Waals surface area contributed by atoms with E-state index in [-0.39, 0.29) is 22.8 Å². The Morgan fingerprint density at radius 3 is 2.42 bits per heavy atom. The van der Waals surface area contributed by atoms with E-state index in [2.05, 4.69) is 9.72 Å². The molecule has 0 radical (unpaired) electrons. The number of Topliss-reactive ketones (excluding diaryl/α,β-unsaturated/α-hetero) is 1. The zero-order chi connectivity index (χ0) is 22.0. The normalized spacial score (nSPS) is 11.4. The van der Waals surface area contributed by atoms with Crippen LogP contribution in [0.2, 0.25) is 0 Å². The number of alkyl halides is 2. The highest BCUT2D eigenvalue weighted by molar-refractivity contribution is 7.99. The van der Waals surface area contributed by atoms with Crippen molar-refractivity contribution in [2.45, 2.75) is 25.2 Å². The van der Waals surface area contributed by atoms with Crippen molar-refractivity contribution in [1.29, 1.82) is 0 Å². The Morgan fingerprint density at radius 1 is 1.10 bits per heavy atom. The lowest BCUT2D eigenvalue weighted by molar-refractivity contribution is -0.0498. The van der Waals surface area contributed by atoms with Gasteiger partial charge >= 0.3 is 6.61 Å². The van der Waals surface area contributed by atoms with Crippen LogP contribution in [0.4, 0.5) is 8.78 Å². The summed E-state index contributed by atoms with van der Waals surface area (Å²) < 4.78 is 30.4. The van der Waals surface area contributed by atoms with E-state index in [1.165, 1.54) is 36.0 Å². The van der Waals surface area contributed by atoms with Crippen molar-refractivity contribution >= 4 is 39.2 Å². The van der Waals surface area contributed by atoms with Crippen molar-refractivity contribution in [1.82, 2.24) is 9.55 Å². The van der Waals surface area contributed by atoms with Crippen LogP contribution in [-0.4, -0.2) is 27.7 Å². The Morgan fingerprint density at radius 2 is 1.77 bits per heavy atom. The van der Waals surface area contributed by atoms with Crippen LogP contribution < -0.4 is 10.3 Å². The molecule has 158 valence electrons. The number of nitrogens with zero attached hydrogens (tertiary/aromatic N) is 2. The Bertz CT molecular complexity index is 1320. The van der Waals surface area contributed by atoms with Gasteiger partial charge in [0.2, 0.25) is 0 Å². The van der Waals surface area contributed by atoms with E-state index in [4.69, 9.17) is 0 Å². The molecule has 0 N–H and O–H groups in total. The van der Waals surface area contributed by atoms with Crippen molar-refractivity contribution in [3.05, 3.63) is 76.6 Å². The van der Waals surface area contributed by atoms with Gasteiger partial charge in [-0.25, -0.2) is 4.98 Å². The van der Waals surface area contributed by atoms with Gasteiger partial charge in [-0.05, 0) is 54.1 Å². The predicted octanol–water partition coefficient (Wildman–Crippen LogP) is 5.15. The van der Waals surface area contributed by atoms with Crippen LogP contribution >= 0.6 is 11.8 Å². The maximum absolute atomic E-state index is 13.0. The molecule has 0 saturated carbocycles. The van der Waals surface area contributed by atoms with E-state index in [0.717, 1.165) is 10.8 Å². The SMILES string of the molecule is CCn1c(SCC(=O)c2ccc(OC(F)F)cc2)nc2cc3ccccc3cc2c1=O. The van der Waals surface area contributed by atoms with Gasteiger partial charge < -0.3 is 4.74 Å². The summed E-state index contributed by atoms with van der Waals surface area (Å²) in [5.74, 6) is -0.160. The average Bonchev–Trinajstić information content (AvgIpc) is 2.76. The summed E-state index contributed by atoms with van der Waals surface area (Å²) >= 11 is 1.17. The number of carbonyl (C=O) groups excluding carboxylic acids is 1. The van der Waals surface area contributed by atoms with E-state index in [1.54, 1.807) is 4.57 Å². The van der Waals surface area contributed by atoms with Gasteiger partial charge in [0.05, 0.1) is 16.7 Å². The third kappa shape index (κ3) is 4.44. The number of aromatic nitrogens is 2. The van der Waals surface area contributed by atoms with Gasteiger partial charge in [-0.15, -0.1) is 0 Å². The molecule has 8 heteroatoms. The van der Waals surface area contributed by atoms with Gasteiger partial charge in [-0.2, -0.15) is 8.78 Å². The van der Waals surface area contributed by atoms with E-state index in [9.17, 15) is 18.4 Å². The maximum atomic E-state index is 13.0. The third-order valence-corrected chi connectivity index (χ3v) is 5.81. The molecule has 0 saturated heterocycles. The number of carbonyl (C=O) groups is 1. The standard InChI is InChI=1S/C23H18F2N2O3S/c1-2-27-21(29)18-11-15-5-3-4-6-16(15)12-19(18)26-23(27)31-13-20(28)14-7-9-17(10-8-14)30-22(24)25/h3-12,22H,2,13H2,1H3. The highest BCUT2D eigenvalue weighted by Gasteiger charge is 2.14. The first-order valence-corrected chi connectivity index (χ1v) is 10.6. The fourth-order valence-electron chi connectivity index (χ4n) is 3.31. The first-order valence-electron chi connectivity index (χ1n) is 9.60. The number of ether oxygens (including phenoxy) is 1. The molecule has 0 unspecified atom stereocenters. The quantitative estimate of drug-likeness (QED) is 0.172. The van der Waals surface area contributed by atoms with E-state index in [0.29, 0.717) is 28.2 Å². The first-order chi connectivity index (χ1) is 15.0. The Hall–Kier alpha value is -3.26. The number of hydrogen-bond acceptors (Lipinski definition) is 5. The minimum absolute atomic E-state index is 0.0116. The molecule has 0 fully saturated rings. The molecule has 5 nitrogen and oxygen atoms in total. The van der Waals surface area contributed by atoms with E-state index >= 15 is 0 Å². The van der Waals surface area contributed by atoms with Crippen molar-refractivity contribution in [3.8, 4) is 5.75 Å². The van der Waals surface area contributed by atoms with Crippen LogP contribution in [0.5, 0.6) is 5.75 Å². The molecule has 4 rings (SSSR count). The van der Waals surface area contributed by atoms with Crippen LogP contribution in [0.15, 0.2) is 70.6 Å². The molecule has 1 aromatic heterocycles. The predicted molar refractivity (Wildman–Crippen MR) is 117 cm³/mol. The monoisotopic (exact) mass is 440 g/mol.